The number of benzene rings is 1. The normalized spacial score (nSPS) is 14.7. The highest BCUT2D eigenvalue weighted by atomic mass is 19.1. The lowest BCUT2D eigenvalue weighted by atomic mass is 9.99. The highest BCUT2D eigenvalue weighted by Crippen LogP contribution is 2.28. The number of likely N-dealkylation sites (tertiary alicyclic amines) is 1. The standard InChI is InChI=1S/C16H12FN3O3/c17-12-4-1-3-10(7-12)16(21)20-8-11(9-20)15-18-14(19-23-15)13-5-2-6-22-13/h1-7,11H,8-9H2. The Kier molecular flexibility index (Phi) is 3.18. The van der Waals surface area contributed by atoms with Crippen molar-refractivity contribution in [2.24, 2.45) is 0 Å². The lowest BCUT2D eigenvalue weighted by Gasteiger charge is -2.37. The number of aromatic nitrogens is 2. The fourth-order valence-corrected chi connectivity index (χ4v) is 2.51. The van der Waals surface area contributed by atoms with Crippen LogP contribution in [0.5, 0.6) is 0 Å². The first kappa shape index (κ1) is 13.7. The summed E-state index contributed by atoms with van der Waals surface area (Å²) in [7, 11) is 0. The van der Waals surface area contributed by atoms with Crippen molar-refractivity contribution >= 4 is 5.91 Å². The third kappa shape index (κ3) is 2.50. The maximum atomic E-state index is 13.2. The number of halogens is 1. The van der Waals surface area contributed by atoms with E-state index in [1.165, 1.54) is 24.5 Å². The number of rotatable bonds is 3. The molecule has 0 radical (unpaired) electrons. The second kappa shape index (κ2) is 5.35. The first-order valence-corrected chi connectivity index (χ1v) is 7.13. The van der Waals surface area contributed by atoms with Gasteiger partial charge in [0.15, 0.2) is 5.76 Å². The lowest BCUT2D eigenvalue weighted by molar-refractivity contribution is 0.0568. The number of carbonyl (C=O) groups is 1. The van der Waals surface area contributed by atoms with Crippen LogP contribution in [0.25, 0.3) is 11.6 Å². The Labute approximate surface area is 130 Å². The van der Waals surface area contributed by atoms with E-state index in [1.54, 1.807) is 23.1 Å². The van der Waals surface area contributed by atoms with Gasteiger partial charge in [0.25, 0.3) is 5.91 Å². The smallest absolute Gasteiger partial charge is 0.254 e. The largest absolute Gasteiger partial charge is 0.461 e. The van der Waals surface area contributed by atoms with E-state index in [0.29, 0.717) is 36.1 Å². The predicted molar refractivity (Wildman–Crippen MR) is 77.0 cm³/mol. The van der Waals surface area contributed by atoms with E-state index in [2.05, 4.69) is 10.1 Å². The zero-order chi connectivity index (χ0) is 15.8. The molecule has 0 atom stereocenters. The van der Waals surface area contributed by atoms with Gasteiger partial charge in [-0.15, -0.1) is 0 Å². The number of nitrogens with zero attached hydrogens (tertiary/aromatic N) is 3. The van der Waals surface area contributed by atoms with Crippen LogP contribution in [0, 0.1) is 5.82 Å². The van der Waals surface area contributed by atoms with Crippen molar-refractivity contribution in [1.29, 1.82) is 0 Å². The average molecular weight is 313 g/mol. The summed E-state index contributed by atoms with van der Waals surface area (Å²) in [5.74, 6) is 0.759. The molecule has 0 N–H and O–H groups in total. The Morgan fingerprint density at radius 1 is 1.26 bits per heavy atom. The Hall–Kier alpha value is -2.96. The summed E-state index contributed by atoms with van der Waals surface area (Å²) in [4.78, 5) is 18.1. The molecule has 1 saturated heterocycles. The van der Waals surface area contributed by atoms with Crippen molar-refractivity contribution in [2.75, 3.05) is 13.1 Å². The number of carbonyl (C=O) groups excluding carboxylic acids is 1. The number of hydrogen-bond acceptors (Lipinski definition) is 5. The summed E-state index contributed by atoms with van der Waals surface area (Å²) in [6.45, 7) is 0.935. The van der Waals surface area contributed by atoms with Crippen molar-refractivity contribution in [3.63, 3.8) is 0 Å². The molecule has 0 aliphatic carbocycles. The van der Waals surface area contributed by atoms with Crippen LogP contribution < -0.4 is 0 Å². The Balaban J connectivity index is 1.43. The molecule has 6 nitrogen and oxygen atoms in total. The third-order valence-corrected chi connectivity index (χ3v) is 3.77. The highest BCUT2D eigenvalue weighted by molar-refractivity contribution is 5.94. The summed E-state index contributed by atoms with van der Waals surface area (Å²) in [5.41, 5.74) is 0.338. The van der Waals surface area contributed by atoms with Gasteiger partial charge in [-0.25, -0.2) is 4.39 Å². The number of amides is 1. The van der Waals surface area contributed by atoms with Crippen LogP contribution in [0.3, 0.4) is 0 Å². The molecule has 4 rings (SSSR count). The molecule has 3 heterocycles. The van der Waals surface area contributed by atoms with Gasteiger partial charge in [-0.1, -0.05) is 11.2 Å². The molecule has 7 heteroatoms. The van der Waals surface area contributed by atoms with Crippen LogP contribution >= 0.6 is 0 Å². The third-order valence-electron chi connectivity index (χ3n) is 3.77. The van der Waals surface area contributed by atoms with E-state index in [0.717, 1.165) is 0 Å². The van der Waals surface area contributed by atoms with Crippen molar-refractivity contribution in [3.8, 4) is 11.6 Å². The fourth-order valence-electron chi connectivity index (χ4n) is 2.51. The highest BCUT2D eigenvalue weighted by Gasteiger charge is 2.36. The van der Waals surface area contributed by atoms with Gasteiger partial charge in [0.05, 0.1) is 12.2 Å². The zero-order valence-corrected chi connectivity index (χ0v) is 12.0. The molecule has 23 heavy (non-hydrogen) atoms. The minimum atomic E-state index is -0.423. The van der Waals surface area contributed by atoms with E-state index < -0.39 is 5.82 Å². The van der Waals surface area contributed by atoms with Gasteiger partial charge in [0, 0.05) is 18.7 Å². The van der Waals surface area contributed by atoms with E-state index in [9.17, 15) is 9.18 Å². The van der Waals surface area contributed by atoms with Gasteiger partial charge in [0.1, 0.15) is 5.82 Å². The SMILES string of the molecule is O=C(c1cccc(F)c1)N1CC(c2nc(-c3ccco3)no2)C1. The summed E-state index contributed by atoms with van der Waals surface area (Å²) in [6.07, 6.45) is 1.54. The maximum Gasteiger partial charge on any atom is 0.254 e. The monoisotopic (exact) mass is 313 g/mol. The van der Waals surface area contributed by atoms with E-state index in [1.807, 2.05) is 0 Å². The van der Waals surface area contributed by atoms with Crippen LogP contribution in [0.4, 0.5) is 4.39 Å². The molecule has 1 aliphatic rings. The molecular weight excluding hydrogens is 301 g/mol. The molecular formula is C16H12FN3O3. The summed E-state index contributed by atoms with van der Waals surface area (Å²) < 4.78 is 23.6. The van der Waals surface area contributed by atoms with Gasteiger partial charge in [0.2, 0.25) is 11.7 Å². The molecule has 1 aliphatic heterocycles. The second-order valence-corrected chi connectivity index (χ2v) is 5.35. The summed E-state index contributed by atoms with van der Waals surface area (Å²) >= 11 is 0. The van der Waals surface area contributed by atoms with Crippen LogP contribution in [-0.4, -0.2) is 34.0 Å². The van der Waals surface area contributed by atoms with Crippen LogP contribution in [0.15, 0.2) is 51.6 Å². The van der Waals surface area contributed by atoms with Crippen LogP contribution in [0.1, 0.15) is 22.2 Å². The van der Waals surface area contributed by atoms with Crippen molar-refractivity contribution in [1.82, 2.24) is 15.0 Å². The summed E-state index contributed by atoms with van der Waals surface area (Å²) in [6, 6.07) is 9.15. The van der Waals surface area contributed by atoms with Crippen molar-refractivity contribution < 1.29 is 18.1 Å². The van der Waals surface area contributed by atoms with Crippen LogP contribution in [-0.2, 0) is 0 Å². The number of furan rings is 1. The quantitative estimate of drug-likeness (QED) is 0.743. The van der Waals surface area contributed by atoms with Gasteiger partial charge in [-0.2, -0.15) is 4.98 Å². The van der Waals surface area contributed by atoms with Crippen LogP contribution in [0.2, 0.25) is 0 Å². The van der Waals surface area contributed by atoms with Gasteiger partial charge >= 0.3 is 0 Å². The number of hydrogen-bond donors (Lipinski definition) is 0. The maximum absolute atomic E-state index is 13.2. The average Bonchev–Trinajstić information content (AvgIpc) is 3.16. The molecule has 0 bridgehead atoms. The van der Waals surface area contributed by atoms with Crippen molar-refractivity contribution in [3.05, 3.63) is 59.9 Å². The topological polar surface area (TPSA) is 72.4 Å². The first-order valence-electron chi connectivity index (χ1n) is 7.13. The molecule has 3 aromatic rings. The lowest BCUT2D eigenvalue weighted by Crippen LogP contribution is -2.48. The van der Waals surface area contributed by atoms with E-state index >= 15 is 0 Å². The molecule has 1 amide bonds. The van der Waals surface area contributed by atoms with Crippen molar-refractivity contribution in [2.45, 2.75) is 5.92 Å². The molecule has 1 fully saturated rings. The van der Waals surface area contributed by atoms with Gasteiger partial charge in [-0.3, -0.25) is 4.79 Å². The second-order valence-electron chi connectivity index (χ2n) is 5.35. The fraction of sp³-hybridized carbons (Fsp3) is 0.188. The predicted octanol–water partition coefficient (Wildman–Crippen LogP) is 2.71. The summed E-state index contributed by atoms with van der Waals surface area (Å²) in [5, 5.41) is 3.87. The van der Waals surface area contributed by atoms with Gasteiger partial charge in [-0.05, 0) is 30.3 Å². The molecule has 0 saturated carbocycles. The molecule has 0 unspecified atom stereocenters. The molecule has 2 aromatic heterocycles. The first-order chi connectivity index (χ1) is 11.2. The molecule has 0 spiro atoms. The Bertz CT molecular complexity index is 838. The molecule has 116 valence electrons. The Morgan fingerprint density at radius 2 is 2.13 bits per heavy atom. The minimum Gasteiger partial charge on any atom is -0.461 e. The zero-order valence-electron chi connectivity index (χ0n) is 12.0. The van der Waals surface area contributed by atoms with E-state index in [-0.39, 0.29) is 11.8 Å². The molecule has 1 aromatic carbocycles. The van der Waals surface area contributed by atoms with Gasteiger partial charge < -0.3 is 13.8 Å². The Morgan fingerprint density at radius 3 is 2.87 bits per heavy atom. The minimum absolute atomic E-state index is 0.0104. The van der Waals surface area contributed by atoms with E-state index in [4.69, 9.17) is 8.94 Å².